The zero-order valence-corrected chi connectivity index (χ0v) is 11.0. The van der Waals surface area contributed by atoms with Crippen LogP contribution >= 0.6 is 0 Å². The van der Waals surface area contributed by atoms with Gasteiger partial charge in [-0.1, -0.05) is 19.1 Å². The maximum Gasteiger partial charge on any atom is 0.161 e. The Balaban J connectivity index is 2.45. The molecule has 0 aliphatic heterocycles. The summed E-state index contributed by atoms with van der Waals surface area (Å²) in [6, 6.07) is 8.31. The Morgan fingerprint density at radius 1 is 1.12 bits per heavy atom. The van der Waals surface area contributed by atoms with Crippen molar-refractivity contribution in [3.63, 3.8) is 0 Å². The molecule has 0 saturated heterocycles. The lowest BCUT2D eigenvalue weighted by Gasteiger charge is -2.14. The minimum atomic E-state index is 0.471. The molecule has 0 fully saturated rings. The third-order valence-corrected chi connectivity index (χ3v) is 2.61. The molecule has 1 rings (SSSR count). The number of hydrogen-bond acceptors (Lipinski definition) is 3. The summed E-state index contributed by atoms with van der Waals surface area (Å²) in [4.78, 5) is 0. The zero-order chi connectivity index (χ0) is 12.5. The highest BCUT2D eigenvalue weighted by molar-refractivity contribution is 5.39. The first-order chi connectivity index (χ1) is 8.27. The van der Waals surface area contributed by atoms with E-state index in [1.165, 1.54) is 0 Å². The van der Waals surface area contributed by atoms with Crippen molar-refractivity contribution in [3.05, 3.63) is 24.3 Å². The van der Waals surface area contributed by atoms with Crippen molar-refractivity contribution in [2.75, 3.05) is 20.3 Å². The van der Waals surface area contributed by atoms with E-state index in [9.17, 15) is 0 Å². The molecule has 1 N–H and O–H groups in total. The Labute approximate surface area is 104 Å². The van der Waals surface area contributed by atoms with E-state index < -0.39 is 0 Å². The molecule has 0 aromatic heterocycles. The van der Waals surface area contributed by atoms with Crippen molar-refractivity contribution >= 4 is 0 Å². The number of ether oxygens (including phenoxy) is 2. The van der Waals surface area contributed by atoms with Crippen molar-refractivity contribution < 1.29 is 9.47 Å². The summed E-state index contributed by atoms with van der Waals surface area (Å²) >= 11 is 0. The van der Waals surface area contributed by atoms with Gasteiger partial charge in [0.2, 0.25) is 0 Å². The number of benzene rings is 1. The van der Waals surface area contributed by atoms with E-state index in [-0.39, 0.29) is 0 Å². The first kappa shape index (κ1) is 13.8. The number of rotatable bonds is 8. The largest absolute Gasteiger partial charge is 0.490 e. The van der Waals surface area contributed by atoms with E-state index in [2.05, 4.69) is 19.2 Å². The summed E-state index contributed by atoms with van der Waals surface area (Å²) < 4.78 is 11.4. The average Bonchev–Trinajstić information content (AvgIpc) is 2.37. The number of para-hydroxylation sites is 2. The van der Waals surface area contributed by atoms with Gasteiger partial charge in [-0.15, -0.1) is 0 Å². The van der Waals surface area contributed by atoms with Gasteiger partial charge in [0.1, 0.15) is 0 Å². The lowest BCUT2D eigenvalue weighted by molar-refractivity contribution is 0.258. The van der Waals surface area contributed by atoms with E-state index >= 15 is 0 Å². The Morgan fingerprint density at radius 2 is 1.71 bits per heavy atom. The maximum absolute atomic E-state index is 5.74. The molecule has 1 atom stereocenters. The van der Waals surface area contributed by atoms with Gasteiger partial charge in [0, 0.05) is 6.04 Å². The highest BCUT2D eigenvalue weighted by atomic mass is 16.5. The quantitative estimate of drug-likeness (QED) is 0.754. The molecule has 0 amide bonds. The smallest absolute Gasteiger partial charge is 0.161 e. The van der Waals surface area contributed by atoms with E-state index in [0.29, 0.717) is 12.6 Å². The molecule has 0 radical (unpaired) electrons. The third kappa shape index (κ3) is 5.09. The molecule has 1 aromatic rings. The monoisotopic (exact) mass is 237 g/mol. The van der Waals surface area contributed by atoms with Crippen molar-refractivity contribution in [1.29, 1.82) is 0 Å². The summed E-state index contributed by atoms with van der Waals surface area (Å²) in [5.41, 5.74) is 0. The van der Waals surface area contributed by atoms with E-state index in [4.69, 9.17) is 9.47 Å². The highest BCUT2D eigenvalue weighted by Crippen LogP contribution is 2.26. The lowest BCUT2D eigenvalue weighted by Crippen LogP contribution is -2.23. The molecular formula is C14H23NO2. The van der Waals surface area contributed by atoms with Crippen LogP contribution in [0, 0.1) is 0 Å². The summed E-state index contributed by atoms with van der Waals surface area (Å²) in [5, 5.41) is 3.19. The normalized spacial score (nSPS) is 12.2. The number of hydrogen-bond donors (Lipinski definition) is 1. The molecule has 1 aromatic carbocycles. The topological polar surface area (TPSA) is 30.5 Å². The van der Waals surface area contributed by atoms with Crippen LogP contribution in [0.5, 0.6) is 11.5 Å². The van der Waals surface area contributed by atoms with Crippen LogP contribution in [0.4, 0.5) is 0 Å². The van der Waals surface area contributed by atoms with Gasteiger partial charge in [0.05, 0.1) is 13.2 Å². The molecule has 0 aliphatic carbocycles. The molecule has 3 nitrogen and oxygen atoms in total. The van der Waals surface area contributed by atoms with Crippen LogP contribution in [0.25, 0.3) is 0 Å². The summed E-state index contributed by atoms with van der Waals surface area (Å²) in [5.74, 6) is 1.68. The van der Waals surface area contributed by atoms with Crippen molar-refractivity contribution in [1.82, 2.24) is 5.32 Å². The van der Waals surface area contributed by atoms with Crippen molar-refractivity contribution in [3.8, 4) is 11.5 Å². The molecule has 0 aliphatic rings. The van der Waals surface area contributed by atoms with Crippen LogP contribution in [0.15, 0.2) is 24.3 Å². The summed E-state index contributed by atoms with van der Waals surface area (Å²) in [7, 11) is 1.96. The molecule has 1 unspecified atom stereocenters. The second-order valence-electron chi connectivity index (χ2n) is 4.12. The van der Waals surface area contributed by atoms with Gasteiger partial charge in [-0.2, -0.15) is 0 Å². The zero-order valence-electron chi connectivity index (χ0n) is 11.0. The maximum atomic E-state index is 5.74. The van der Waals surface area contributed by atoms with Crippen LogP contribution < -0.4 is 14.8 Å². The van der Waals surface area contributed by atoms with Gasteiger partial charge in [-0.05, 0) is 38.9 Å². The second kappa shape index (κ2) is 7.96. The highest BCUT2D eigenvalue weighted by Gasteiger charge is 2.04. The Kier molecular flexibility index (Phi) is 6.48. The van der Waals surface area contributed by atoms with Gasteiger partial charge in [-0.25, -0.2) is 0 Å². The van der Waals surface area contributed by atoms with Crippen molar-refractivity contribution in [2.45, 2.75) is 32.7 Å². The molecular weight excluding hydrogens is 214 g/mol. The molecule has 0 heterocycles. The first-order valence-electron chi connectivity index (χ1n) is 6.29. The molecule has 0 spiro atoms. The van der Waals surface area contributed by atoms with E-state index in [1.807, 2.05) is 31.3 Å². The molecule has 3 heteroatoms. The first-order valence-corrected chi connectivity index (χ1v) is 6.29. The fourth-order valence-corrected chi connectivity index (χ4v) is 1.39. The molecule has 0 saturated carbocycles. The number of nitrogens with one attached hydrogen (secondary N) is 1. The molecule has 17 heavy (non-hydrogen) atoms. The Hall–Kier alpha value is -1.22. The van der Waals surface area contributed by atoms with Crippen LogP contribution in [0.2, 0.25) is 0 Å². The van der Waals surface area contributed by atoms with Gasteiger partial charge in [0.15, 0.2) is 11.5 Å². The van der Waals surface area contributed by atoms with Crippen LogP contribution in [0.3, 0.4) is 0 Å². The Morgan fingerprint density at radius 3 is 2.24 bits per heavy atom. The van der Waals surface area contributed by atoms with Gasteiger partial charge in [-0.3, -0.25) is 0 Å². The van der Waals surface area contributed by atoms with Gasteiger partial charge in [0.25, 0.3) is 0 Å². The second-order valence-corrected chi connectivity index (χ2v) is 4.12. The third-order valence-electron chi connectivity index (χ3n) is 2.61. The standard InChI is InChI=1S/C14H23NO2/c1-4-10-16-13-7-5-6-8-14(13)17-11-9-12(2)15-3/h5-8,12,15H,4,9-11H2,1-3H3. The molecule has 96 valence electrons. The fraction of sp³-hybridized carbons (Fsp3) is 0.571. The minimum Gasteiger partial charge on any atom is -0.490 e. The van der Waals surface area contributed by atoms with E-state index in [1.54, 1.807) is 0 Å². The Bertz CT molecular complexity index is 315. The lowest BCUT2D eigenvalue weighted by atomic mass is 10.2. The summed E-state index contributed by atoms with van der Waals surface area (Å²) in [6.07, 6.45) is 1.99. The van der Waals surface area contributed by atoms with Crippen molar-refractivity contribution in [2.24, 2.45) is 0 Å². The SMILES string of the molecule is CCCOc1ccccc1OCCC(C)NC. The predicted molar refractivity (Wildman–Crippen MR) is 70.9 cm³/mol. The van der Waals surface area contributed by atoms with Crippen LogP contribution in [-0.4, -0.2) is 26.3 Å². The van der Waals surface area contributed by atoms with Gasteiger partial charge >= 0.3 is 0 Å². The predicted octanol–water partition coefficient (Wildman–Crippen LogP) is 2.85. The van der Waals surface area contributed by atoms with Crippen LogP contribution in [0.1, 0.15) is 26.7 Å². The van der Waals surface area contributed by atoms with Gasteiger partial charge < -0.3 is 14.8 Å². The molecule has 0 bridgehead atoms. The summed E-state index contributed by atoms with van der Waals surface area (Å²) in [6.45, 7) is 5.67. The minimum absolute atomic E-state index is 0.471. The fourth-order valence-electron chi connectivity index (χ4n) is 1.39. The average molecular weight is 237 g/mol. The van der Waals surface area contributed by atoms with Crippen LogP contribution in [-0.2, 0) is 0 Å². The van der Waals surface area contributed by atoms with E-state index in [0.717, 1.165) is 30.9 Å².